The molecule has 3 saturated heterocycles. The van der Waals surface area contributed by atoms with E-state index in [0.29, 0.717) is 6.10 Å². The molecule has 0 radical (unpaired) electrons. The van der Waals surface area contributed by atoms with Crippen LogP contribution >= 0.6 is 0 Å². The fraction of sp³-hybridized carbons (Fsp3) is 1.00. The van der Waals surface area contributed by atoms with Crippen molar-refractivity contribution in [2.24, 2.45) is 0 Å². The summed E-state index contributed by atoms with van der Waals surface area (Å²) < 4.78 is 88.7. The summed E-state index contributed by atoms with van der Waals surface area (Å²) in [6.07, 6.45) is 14.9. The molecule has 0 aromatic heterocycles. The number of rotatable bonds is 27. The summed E-state index contributed by atoms with van der Waals surface area (Å²) in [7, 11) is -22.4. The lowest BCUT2D eigenvalue weighted by atomic mass is 10.2. The quantitative estimate of drug-likeness (QED) is 0.0883. The highest BCUT2D eigenvalue weighted by atomic mass is 28.5. The van der Waals surface area contributed by atoms with E-state index in [1.807, 2.05) is 0 Å². The van der Waals surface area contributed by atoms with Crippen molar-refractivity contribution in [2.45, 2.75) is 198 Å². The van der Waals surface area contributed by atoms with E-state index in [4.69, 9.17) is 57.9 Å². The van der Waals surface area contributed by atoms with Crippen LogP contribution in [0.15, 0.2) is 0 Å². The Kier molecular flexibility index (Phi) is 30.8. The maximum absolute atomic E-state index is 6.66. The van der Waals surface area contributed by atoms with E-state index in [1.165, 1.54) is 76.3 Å². The van der Waals surface area contributed by atoms with Crippen molar-refractivity contribution >= 4 is 139 Å². The topological polar surface area (TPSA) is 129 Å². The Balaban J connectivity index is 1.31. The first-order valence-electron chi connectivity index (χ1n) is 23.7. The maximum Gasteiger partial charge on any atom is 0.316 e. The predicted molar refractivity (Wildman–Crippen MR) is 281 cm³/mol. The van der Waals surface area contributed by atoms with Gasteiger partial charge in [-0.1, -0.05) is 77.0 Å². The maximum atomic E-state index is 6.66. The monoisotopic (exact) mass is 1100 g/mol. The highest BCUT2D eigenvalue weighted by Crippen LogP contribution is 2.25. The van der Waals surface area contributed by atoms with Crippen LogP contribution in [-0.4, -0.2) is 145 Å². The summed E-state index contributed by atoms with van der Waals surface area (Å²) in [5, 5.41) is 0. The van der Waals surface area contributed by atoms with Gasteiger partial charge in [0.1, 0.15) is 19.5 Å². The van der Waals surface area contributed by atoms with Crippen molar-refractivity contribution in [3.63, 3.8) is 0 Å². The van der Waals surface area contributed by atoms with E-state index in [9.17, 15) is 0 Å². The Morgan fingerprint density at radius 2 is 1.02 bits per heavy atom. The van der Waals surface area contributed by atoms with Crippen LogP contribution in [0.25, 0.3) is 0 Å². The lowest BCUT2D eigenvalue weighted by molar-refractivity contribution is 0.187. The Bertz CT molecular complexity index is 1070. The molecule has 29 heteroatoms. The summed E-state index contributed by atoms with van der Waals surface area (Å²) in [5.74, 6) is 0. The number of unbranched alkanes of at least 4 members (excludes halogenated alkanes) is 9. The molecule has 14 nitrogen and oxygen atoms in total. The smallest absolute Gasteiger partial charge is 0.316 e. The first kappa shape index (κ1) is 57.0. The molecule has 60 heavy (non-hydrogen) atoms. The van der Waals surface area contributed by atoms with Crippen molar-refractivity contribution < 1.29 is 57.9 Å². The van der Waals surface area contributed by atoms with Crippen LogP contribution in [-0.2, 0) is 57.9 Å². The molecule has 0 amide bonds. The molecule has 0 spiro atoms. The first-order chi connectivity index (χ1) is 28.6. The summed E-state index contributed by atoms with van der Waals surface area (Å²) >= 11 is 0. The Morgan fingerprint density at radius 1 is 0.533 bits per heavy atom. The van der Waals surface area contributed by atoms with Crippen LogP contribution in [0.5, 0.6) is 0 Å². The lowest BCUT2D eigenvalue weighted by Crippen LogP contribution is -2.52. The lowest BCUT2D eigenvalue weighted by Gasteiger charge is -2.37. The standard InChI is InChI=1S/C31H88O14Si15/c1-31-30-49(2)36-58(41-50(3)32-31)27-21-14-12-18-24-46-33-48-35-57(26-20-15-17-23-29-60(11)44-55(8)39-52(5)40-56(9)45-60)34-47-25-19-13-16-22-28-59(10)42-53(6)37-51(4)38-54(7)43-59/h31,49-58H,12-30,46-48H2,1-11H3. The number of hydrogen-bond acceptors (Lipinski definition) is 14. The Morgan fingerprint density at radius 3 is 1.57 bits per heavy atom. The Labute approximate surface area is 392 Å². The Hall–Kier alpha value is 2.69. The van der Waals surface area contributed by atoms with E-state index in [1.54, 1.807) is 0 Å². The van der Waals surface area contributed by atoms with Gasteiger partial charge >= 0.3 is 45.0 Å². The molecule has 3 heterocycles. The molecule has 0 N–H and O–H groups in total. The molecule has 0 aromatic carbocycles. The third-order valence-corrected chi connectivity index (χ3v) is 56.7. The second kappa shape index (κ2) is 32.4. The normalized spacial score (nSPS) is 36.0. The molecule has 0 aliphatic carbocycles. The van der Waals surface area contributed by atoms with Gasteiger partial charge in [-0.15, -0.1) is 0 Å². The van der Waals surface area contributed by atoms with Gasteiger partial charge in [0, 0.05) is 6.10 Å². The summed E-state index contributed by atoms with van der Waals surface area (Å²) in [4.78, 5) is 0. The fourth-order valence-electron chi connectivity index (χ4n) is 8.38. The van der Waals surface area contributed by atoms with Crippen molar-refractivity contribution in [1.29, 1.82) is 0 Å². The van der Waals surface area contributed by atoms with E-state index in [2.05, 4.69) is 72.4 Å². The van der Waals surface area contributed by atoms with Crippen molar-refractivity contribution in [3.05, 3.63) is 0 Å². The highest BCUT2D eigenvalue weighted by molar-refractivity contribution is 6.82. The van der Waals surface area contributed by atoms with Gasteiger partial charge in [-0.2, -0.15) is 0 Å². The van der Waals surface area contributed by atoms with Crippen LogP contribution < -0.4 is 0 Å². The van der Waals surface area contributed by atoms with Gasteiger partial charge in [0.25, 0.3) is 65.7 Å². The van der Waals surface area contributed by atoms with E-state index >= 15 is 0 Å². The van der Waals surface area contributed by atoms with Crippen molar-refractivity contribution in [1.82, 2.24) is 0 Å². The molecular weight excluding hydrogens is 1020 g/mol. The predicted octanol–water partition coefficient (Wildman–Crippen LogP) is 3.22. The molecule has 0 aromatic rings. The van der Waals surface area contributed by atoms with Crippen molar-refractivity contribution in [3.8, 4) is 0 Å². The second-order valence-corrected chi connectivity index (χ2v) is 53.3. The molecule has 0 bridgehead atoms. The summed E-state index contributed by atoms with van der Waals surface area (Å²) in [6, 6.07) is 7.86. The average Bonchev–Trinajstić information content (AvgIpc) is 3.11. The van der Waals surface area contributed by atoms with Gasteiger partial charge in [0.05, 0.1) is 0 Å². The van der Waals surface area contributed by atoms with E-state index < -0.39 is 139 Å². The second-order valence-electron chi connectivity index (χ2n) is 17.5. The molecule has 3 fully saturated rings. The third-order valence-electron chi connectivity index (χ3n) is 11.0. The van der Waals surface area contributed by atoms with Crippen LogP contribution in [0.3, 0.4) is 0 Å². The fourth-order valence-corrected chi connectivity index (χ4v) is 56.2. The van der Waals surface area contributed by atoms with E-state index in [0.717, 1.165) is 43.1 Å². The zero-order valence-electron chi connectivity index (χ0n) is 39.6. The first-order valence-corrected chi connectivity index (χ1v) is 53.7. The molecule has 9 unspecified atom stereocenters. The number of hydrogen-bond donors (Lipinski definition) is 0. The molecule has 3 aliphatic heterocycles. The average molecular weight is 1110 g/mol. The van der Waals surface area contributed by atoms with Gasteiger partial charge in [-0.25, -0.2) is 0 Å². The minimum absolute atomic E-state index is 0.306. The minimum atomic E-state index is -2.24. The van der Waals surface area contributed by atoms with Crippen LogP contribution in [0.4, 0.5) is 0 Å². The van der Waals surface area contributed by atoms with Gasteiger partial charge in [-0.05, 0) is 115 Å². The van der Waals surface area contributed by atoms with Gasteiger partial charge in [-0.3, -0.25) is 0 Å². The summed E-state index contributed by atoms with van der Waals surface area (Å²) in [5.41, 5.74) is 0. The molecule has 3 aliphatic rings. The van der Waals surface area contributed by atoms with Gasteiger partial charge < -0.3 is 57.9 Å². The SMILES string of the molecule is CC1C[SiH](C)O[SiH](CCCCCC[SiH2]O[SiH2]O[SiH](CCCCCC[Si]2(C)O[SiH](C)O[SiH](C)O[SiH](C)O2)O[SiH2]CCCCCC[Si]2(C)O[SiH](C)O[SiH](C)O[SiH](C)O2)O[SiH](C)O1. The summed E-state index contributed by atoms with van der Waals surface area (Å²) in [6.45, 7) is 23.8. The van der Waals surface area contributed by atoms with E-state index in [-0.39, 0.29) is 0 Å². The molecule has 356 valence electrons. The minimum Gasteiger partial charge on any atom is -0.446 e. The molecule has 9 atom stereocenters. The third kappa shape index (κ3) is 26.9. The van der Waals surface area contributed by atoms with Crippen LogP contribution in [0.1, 0.15) is 84.0 Å². The van der Waals surface area contributed by atoms with Crippen LogP contribution in [0, 0.1) is 0 Å². The zero-order chi connectivity index (χ0) is 43.8. The molecule has 3 rings (SSSR count). The van der Waals surface area contributed by atoms with Crippen molar-refractivity contribution in [2.75, 3.05) is 0 Å². The zero-order valence-corrected chi connectivity index (χ0v) is 57.4. The van der Waals surface area contributed by atoms with Crippen LogP contribution in [0.2, 0.25) is 108 Å². The van der Waals surface area contributed by atoms with Gasteiger partial charge in [0.2, 0.25) is 0 Å². The highest BCUT2D eigenvalue weighted by Gasteiger charge is 2.40. The molecular formula is C31H88O14Si15. The largest absolute Gasteiger partial charge is 0.446 e. The van der Waals surface area contributed by atoms with Gasteiger partial charge in [0.15, 0.2) is 9.04 Å². The molecule has 0 saturated carbocycles.